The van der Waals surface area contributed by atoms with Gasteiger partial charge in [0.2, 0.25) is 6.79 Å². The largest absolute Gasteiger partial charge is 0.504 e. The Labute approximate surface area is 322 Å². The maximum atomic E-state index is 14.7. The lowest BCUT2D eigenvalue weighted by Crippen LogP contribution is -2.69. The Bertz CT molecular complexity index is 2220. The maximum absolute atomic E-state index is 14.7. The zero-order chi connectivity index (χ0) is 38.7. The number of hydrogen-bond acceptors (Lipinski definition) is 15. The summed E-state index contributed by atoms with van der Waals surface area (Å²) in [6.45, 7) is 5.28. The van der Waals surface area contributed by atoms with Crippen LogP contribution in [-0.2, 0) is 32.7 Å². The minimum Gasteiger partial charge on any atom is -0.504 e. The van der Waals surface area contributed by atoms with Gasteiger partial charge in [0.25, 0.3) is 0 Å². The van der Waals surface area contributed by atoms with Gasteiger partial charge in [0.15, 0.2) is 40.0 Å². The quantitative estimate of drug-likeness (QED) is 0.258. The molecule has 0 radical (unpaired) electrons. The first-order valence-electron chi connectivity index (χ1n) is 18.3. The normalized spacial score (nSPS) is 28.9. The summed E-state index contributed by atoms with van der Waals surface area (Å²) in [5.41, 5.74) is 4.41. The van der Waals surface area contributed by atoms with Gasteiger partial charge >= 0.3 is 11.9 Å². The van der Waals surface area contributed by atoms with Crippen molar-refractivity contribution < 1.29 is 48.2 Å². The number of benzene rings is 3. The lowest BCUT2D eigenvalue weighted by molar-refractivity contribution is -0.157. The van der Waals surface area contributed by atoms with Crippen LogP contribution in [0.15, 0.2) is 18.2 Å². The predicted molar refractivity (Wildman–Crippen MR) is 198 cm³/mol. The number of likely N-dealkylation sites (N-methyl/N-ethyl adjacent to an activating group) is 1. The summed E-state index contributed by atoms with van der Waals surface area (Å²) in [7, 11) is 4.99. The number of aromatic hydroxyl groups is 2. The third-order valence-electron chi connectivity index (χ3n) is 12.4. The number of carbonyl (C=O) groups is 2. The summed E-state index contributed by atoms with van der Waals surface area (Å²) >= 11 is 1.48. The summed E-state index contributed by atoms with van der Waals surface area (Å²) < 4.78 is 36.1. The first-order chi connectivity index (χ1) is 26.4. The molecule has 3 N–H and O–H groups in total. The zero-order valence-electron chi connectivity index (χ0n) is 31.3. The van der Waals surface area contributed by atoms with Gasteiger partial charge in [-0.1, -0.05) is 6.07 Å². The average Bonchev–Trinajstić information content (AvgIpc) is 3.65. The van der Waals surface area contributed by atoms with E-state index in [2.05, 4.69) is 21.2 Å². The van der Waals surface area contributed by atoms with Crippen molar-refractivity contribution in [1.82, 2.24) is 15.1 Å². The summed E-state index contributed by atoms with van der Waals surface area (Å²) in [5.74, 6) is 0.973. The molecule has 0 aliphatic carbocycles. The summed E-state index contributed by atoms with van der Waals surface area (Å²) in [6.07, 6.45) is 1.05. The Morgan fingerprint density at radius 1 is 1.05 bits per heavy atom. The number of nitrogens with one attached hydrogen (secondary N) is 1. The first-order valence-corrected chi connectivity index (χ1v) is 19.4. The molecule has 55 heavy (non-hydrogen) atoms. The molecule has 0 amide bonds. The van der Waals surface area contributed by atoms with E-state index >= 15 is 0 Å². The highest BCUT2D eigenvalue weighted by Gasteiger charge is 2.62. The molecule has 3 aromatic rings. The van der Waals surface area contributed by atoms with E-state index in [0.29, 0.717) is 70.2 Å². The number of methoxy groups -OCH3 is 2. The van der Waals surface area contributed by atoms with Gasteiger partial charge in [-0.15, -0.1) is 11.8 Å². The molecule has 14 nitrogen and oxygen atoms in total. The molecule has 2 saturated heterocycles. The first kappa shape index (κ1) is 35.8. The van der Waals surface area contributed by atoms with Crippen LogP contribution in [0.2, 0.25) is 0 Å². The number of esters is 2. The van der Waals surface area contributed by atoms with Crippen molar-refractivity contribution in [3.05, 3.63) is 62.7 Å². The van der Waals surface area contributed by atoms with Gasteiger partial charge < -0.3 is 38.6 Å². The van der Waals surface area contributed by atoms with Gasteiger partial charge in [-0.2, -0.15) is 5.26 Å². The SMILES string of the molecule is COc1cc2c(cc1O)CCN[C@]21CS[C@@H]2c3c(OC(C)=O)c(C)c4c(c3[C@H](COC1=O)N1C2[C@H]2c3c(cc(C)c(OC)c3O)C[C@H]([C@@H]1C#N)N2C)OCO4. The second-order valence-corrected chi connectivity index (χ2v) is 16.2. The number of aryl methyl sites for hydroxylation is 1. The number of phenols is 2. The molecule has 10 rings (SSSR count). The molecule has 0 aromatic heterocycles. The van der Waals surface area contributed by atoms with Gasteiger partial charge in [-0.25, -0.2) is 4.79 Å². The third-order valence-corrected chi connectivity index (χ3v) is 13.9. The van der Waals surface area contributed by atoms with Gasteiger partial charge in [0.1, 0.15) is 18.4 Å². The number of nitrogens with zero attached hydrogens (tertiary/aromatic N) is 3. The highest BCUT2D eigenvalue weighted by molar-refractivity contribution is 7.99. The summed E-state index contributed by atoms with van der Waals surface area (Å²) in [6, 6.07) is 5.28. The predicted octanol–water partition coefficient (Wildman–Crippen LogP) is 3.99. The zero-order valence-corrected chi connectivity index (χ0v) is 32.2. The van der Waals surface area contributed by atoms with E-state index in [1.807, 2.05) is 27.0 Å². The van der Waals surface area contributed by atoms with E-state index in [1.165, 1.54) is 32.9 Å². The number of nitriles is 1. The van der Waals surface area contributed by atoms with Crippen molar-refractivity contribution in [3.63, 3.8) is 0 Å². The molecule has 0 saturated carbocycles. The van der Waals surface area contributed by atoms with Crippen molar-refractivity contribution in [1.29, 1.82) is 5.26 Å². The number of ether oxygens (including phenoxy) is 6. The molecule has 15 heteroatoms. The van der Waals surface area contributed by atoms with Gasteiger partial charge in [-0.05, 0) is 68.1 Å². The molecule has 2 fully saturated rings. The minimum atomic E-state index is -1.36. The summed E-state index contributed by atoms with van der Waals surface area (Å²) in [5, 5.41) is 36.9. The highest BCUT2D eigenvalue weighted by atomic mass is 32.2. The maximum Gasteiger partial charge on any atom is 0.331 e. The Balaban J connectivity index is 1.33. The number of fused-ring (bicyclic) bond motifs is 9. The van der Waals surface area contributed by atoms with E-state index < -0.39 is 46.9 Å². The molecule has 1 unspecified atom stereocenters. The van der Waals surface area contributed by atoms with Crippen LogP contribution in [0.1, 0.15) is 68.8 Å². The van der Waals surface area contributed by atoms with Crippen LogP contribution >= 0.6 is 11.8 Å². The fraction of sp³-hybridized carbons (Fsp3) is 0.475. The number of rotatable bonds is 3. The van der Waals surface area contributed by atoms with E-state index in [0.717, 1.165) is 16.7 Å². The number of thioether (sulfide) groups is 1. The minimum absolute atomic E-state index is 0.0239. The molecule has 7 aliphatic heterocycles. The van der Waals surface area contributed by atoms with Crippen LogP contribution < -0.4 is 29.0 Å². The van der Waals surface area contributed by atoms with E-state index in [4.69, 9.17) is 28.4 Å². The number of phenolic OH excluding ortho intramolecular Hbond substituents is 2. The smallest absolute Gasteiger partial charge is 0.331 e. The molecular weight excluding hydrogens is 729 g/mol. The standard InChI is InChI=1S/C40H42N4O10S/c1-17-9-21-10-23-24(13-41)44-25-14-51-39(48)40(22-12-27(49-5)26(46)11-20(22)7-8-42-40)15-55-38(32(44)31(43(23)4)28(21)33(47)34(17)50-6)30-29(25)37-36(52-16-53-37)18(2)35(30)54-19(3)45/h9,11-12,23-25,31-32,38,42,46-47H,7-8,10,14-16H2,1-6H3/t23-,24+,25+,31-,32?,38-,40-/m1/s1. The number of piperazine rings is 1. The Morgan fingerprint density at radius 3 is 2.56 bits per heavy atom. The molecule has 4 bridgehead atoms. The third kappa shape index (κ3) is 4.90. The van der Waals surface area contributed by atoms with E-state index in [9.17, 15) is 25.1 Å². The van der Waals surface area contributed by atoms with Crippen LogP contribution in [0.5, 0.6) is 40.2 Å². The Morgan fingerprint density at radius 2 is 1.84 bits per heavy atom. The average molecular weight is 771 g/mol. The van der Waals surface area contributed by atoms with E-state index in [1.54, 1.807) is 12.1 Å². The van der Waals surface area contributed by atoms with Crippen molar-refractivity contribution in [2.75, 3.05) is 47.0 Å². The number of hydrogen-bond donors (Lipinski definition) is 3. The van der Waals surface area contributed by atoms with Crippen LogP contribution in [0, 0.1) is 25.2 Å². The van der Waals surface area contributed by atoms with Crippen molar-refractivity contribution in [3.8, 4) is 46.3 Å². The topological polar surface area (TPSA) is 172 Å². The van der Waals surface area contributed by atoms with Gasteiger partial charge in [-0.3, -0.25) is 19.9 Å². The lowest BCUT2D eigenvalue weighted by Gasteiger charge is -2.62. The Kier molecular flexibility index (Phi) is 8.36. The lowest BCUT2D eigenvalue weighted by atomic mass is 9.71. The molecule has 1 spiro atoms. The second-order valence-electron chi connectivity index (χ2n) is 15.1. The van der Waals surface area contributed by atoms with Crippen LogP contribution in [-0.4, -0.2) is 97.0 Å². The second kappa shape index (κ2) is 12.8. The molecule has 3 aromatic carbocycles. The van der Waals surface area contributed by atoms with Gasteiger partial charge in [0.05, 0.1) is 37.6 Å². The van der Waals surface area contributed by atoms with Crippen LogP contribution in [0.3, 0.4) is 0 Å². The summed E-state index contributed by atoms with van der Waals surface area (Å²) in [4.78, 5) is 32.0. The Hall–Kier alpha value is -4.88. The number of carbonyl (C=O) groups excluding carboxylic acids is 2. The highest BCUT2D eigenvalue weighted by Crippen LogP contribution is 2.64. The fourth-order valence-corrected chi connectivity index (χ4v) is 11.9. The van der Waals surface area contributed by atoms with Crippen LogP contribution in [0.25, 0.3) is 0 Å². The van der Waals surface area contributed by atoms with Crippen LogP contribution in [0.4, 0.5) is 0 Å². The molecule has 288 valence electrons. The van der Waals surface area contributed by atoms with Crippen molar-refractivity contribution >= 4 is 23.7 Å². The molecular formula is C40H42N4O10S. The molecule has 7 heterocycles. The van der Waals surface area contributed by atoms with Crippen molar-refractivity contribution in [2.24, 2.45) is 0 Å². The molecule has 7 atom stereocenters. The fourth-order valence-electron chi connectivity index (χ4n) is 10.2. The molecule has 7 aliphatic rings. The monoisotopic (exact) mass is 770 g/mol. The van der Waals surface area contributed by atoms with Crippen molar-refractivity contribution in [2.45, 2.75) is 74.6 Å². The van der Waals surface area contributed by atoms with E-state index in [-0.39, 0.29) is 42.4 Å². The van der Waals surface area contributed by atoms with Gasteiger partial charge in [0, 0.05) is 53.6 Å².